The van der Waals surface area contributed by atoms with Gasteiger partial charge in [-0.3, -0.25) is 10.2 Å². The Kier molecular flexibility index (Phi) is 4.06. The molecule has 1 aromatic heterocycles. The molecule has 78 valence electrons. The summed E-state index contributed by atoms with van der Waals surface area (Å²) in [7, 11) is 1.65. The van der Waals surface area contributed by atoms with Crippen LogP contribution in [0.3, 0.4) is 0 Å². The maximum Gasteiger partial charge on any atom is 0.236 e. The van der Waals surface area contributed by atoms with E-state index < -0.39 is 0 Å². The lowest BCUT2D eigenvalue weighted by Gasteiger charge is -2.10. The smallest absolute Gasteiger partial charge is 0.236 e. The van der Waals surface area contributed by atoms with Crippen LogP contribution in [0.15, 0.2) is 11.4 Å². The van der Waals surface area contributed by atoms with Gasteiger partial charge < -0.3 is 5.73 Å². The summed E-state index contributed by atoms with van der Waals surface area (Å²) in [5.74, 6) is -0.0900. The maximum absolute atomic E-state index is 11.2. The Morgan fingerprint density at radius 3 is 2.93 bits per heavy atom. The highest BCUT2D eigenvalue weighted by molar-refractivity contribution is 7.10. The predicted molar refractivity (Wildman–Crippen MR) is 57.8 cm³/mol. The van der Waals surface area contributed by atoms with E-state index >= 15 is 0 Å². The highest BCUT2D eigenvalue weighted by Crippen LogP contribution is 2.23. The van der Waals surface area contributed by atoms with Gasteiger partial charge >= 0.3 is 0 Å². The number of hydrogen-bond acceptors (Lipinski definition) is 4. The maximum atomic E-state index is 11.2. The van der Waals surface area contributed by atoms with Crippen molar-refractivity contribution in [3.05, 3.63) is 21.9 Å². The van der Waals surface area contributed by atoms with Gasteiger partial charge in [0.1, 0.15) is 0 Å². The number of amides is 1. The van der Waals surface area contributed by atoms with Crippen molar-refractivity contribution >= 4 is 17.2 Å². The van der Waals surface area contributed by atoms with Crippen LogP contribution in [-0.2, 0) is 4.79 Å². The van der Waals surface area contributed by atoms with Crippen molar-refractivity contribution in [1.82, 2.24) is 10.9 Å². The number of aryl methyl sites for hydroxylation is 1. The zero-order valence-corrected chi connectivity index (χ0v) is 9.15. The molecular formula is C9H15N3OS. The molecule has 0 aliphatic carbocycles. The van der Waals surface area contributed by atoms with Gasteiger partial charge in [0.25, 0.3) is 0 Å². The van der Waals surface area contributed by atoms with Crippen LogP contribution in [0.5, 0.6) is 0 Å². The Hall–Kier alpha value is -0.910. The minimum atomic E-state index is -0.205. The van der Waals surface area contributed by atoms with Gasteiger partial charge in [-0.1, -0.05) is 0 Å². The van der Waals surface area contributed by atoms with Crippen molar-refractivity contribution in [2.75, 3.05) is 7.05 Å². The molecule has 0 fully saturated rings. The molecular weight excluding hydrogens is 198 g/mol. The van der Waals surface area contributed by atoms with Crippen molar-refractivity contribution in [2.24, 2.45) is 5.73 Å². The number of carbonyl (C=O) groups is 1. The number of hydrogen-bond donors (Lipinski definition) is 3. The van der Waals surface area contributed by atoms with Gasteiger partial charge in [0.05, 0.1) is 0 Å². The first-order valence-corrected chi connectivity index (χ1v) is 5.28. The van der Waals surface area contributed by atoms with E-state index in [2.05, 4.69) is 10.9 Å². The van der Waals surface area contributed by atoms with E-state index in [1.807, 2.05) is 18.4 Å². The molecule has 0 saturated heterocycles. The lowest BCUT2D eigenvalue weighted by Crippen LogP contribution is -2.35. The third-order valence-corrected chi connectivity index (χ3v) is 3.06. The van der Waals surface area contributed by atoms with Crippen LogP contribution in [-0.4, -0.2) is 13.0 Å². The van der Waals surface area contributed by atoms with Crippen LogP contribution in [0.1, 0.15) is 22.9 Å². The van der Waals surface area contributed by atoms with E-state index in [4.69, 9.17) is 5.73 Å². The molecule has 1 aromatic rings. The normalized spacial score (nSPS) is 12.5. The van der Waals surface area contributed by atoms with Crippen LogP contribution < -0.4 is 16.6 Å². The van der Waals surface area contributed by atoms with Crippen LogP contribution in [0.4, 0.5) is 0 Å². The number of nitrogens with one attached hydrogen (secondary N) is 2. The molecule has 4 N–H and O–H groups in total. The van der Waals surface area contributed by atoms with E-state index in [-0.39, 0.29) is 11.9 Å². The van der Waals surface area contributed by atoms with E-state index in [0.717, 1.165) is 10.4 Å². The van der Waals surface area contributed by atoms with Gasteiger partial charge in [0, 0.05) is 24.4 Å². The Labute approximate surface area is 87.5 Å². The Bertz CT molecular complexity index is 311. The third-order valence-electron chi connectivity index (χ3n) is 1.91. The third kappa shape index (κ3) is 2.80. The fourth-order valence-corrected chi connectivity index (χ4v) is 2.18. The second kappa shape index (κ2) is 5.09. The lowest BCUT2D eigenvalue weighted by molar-refractivity contribution is -0.122. The largest absolute Gasteiger partial charge is 0.323 e. The monoisotopic (exact) mass is 213 g/mol. The lowest BCUT2D eigenvalue weighted by atomic mass is 10.1. The zero-order chi connectivity index (χ0) is 10.6. The summed E-state index contributed by atoms with van der Waals surface area (Å²) in [6.45, 7) is 2.00. The van der Waals surface area contributed by atoms with Gasteiger partial charge in [-0.05, 0) is 23.9 Å². The molecule has 5 heteroatoms. The molecule has 0 saturated carbocycles. The first kappa shape index (κ1) is 11.2. The Morgan fingerprint density at radius 2 is 2.43 bits per heavy atom. The number of hydrazine groups is 1. The molecule has 1 heterocycles. The molecule has 1 unspecified atom stereocenters. The van der Waals surface area contributed by atoms with E-state index in [0.29, 0.717) is 6.42 Å². The molecule has 14 heavy (non-hydrogen) atoms. The van der Waals surface area contributed by atoms with E-state index in [1.165, 1.54) is 0 Å². The highest BCUT2D eigenvalue weighted by atomic mass is 32.1. The van der Waals surface area contributed by atoms with E-state index in [1.54, 1.807) is 18.4 Å². The second-order valence-corrected chi connectivity index (χ2v) is 4.02. The predicted octanol–water partition coefficient (Wildman–Crippen LogP) is 0.697. The Balaban J connectivity index is 2.54. The fourth-order valence-electron chi connectivity index (χ4n) is 1.25. The van der Waals surface area contributed by atoms with Gasteiger partial charge in [-0.2, -0.15) is 0 Å². The zero-order valence-electron chi connectivity index (χ0n) is 8.33. The number of thiophene rings is 1. The SMILES string of the molecule is CNNC(=O)CC(N)c1sccc1C. The molecule has 0 bridgehead atoms. The summed E-state index contributed by atoms with van der Waals surface area (Å²) in [5.41, 5.74) is 12.1. The average Bonchev–Trinajstić information content (AvgIpc) is 2.51. The molecule has 0 aliphatic heterocycles. The highest BCUT2D eigenvalue weighted by Gasteiger charge is 2.13. The molecule has 1 rings (SSSR count). The van der Waals surface area contributed by atoms with Crippen LogP contribution in [0.25, 0.3) is 0 Å². The van der Waals surface area contributed by atoms with Crippen molar-refractivity contribution in [3.63, 3.8) is 0 Å². The topological polar surface area (TPSA) is 67.1 Å². The summed E-state index contributed by atoms with van der Waals surface area (Å²) >= 11 is 1.59. The van der Waals surface area contributed by atoms with Crippen molar-refractivity contribution in [3.8, 4) is 0 Å². The Morgan fingerprint density at radius 1 is 1.71 bits per heavy atom. The summed E-state index contributed by atoms with van der Waals surface area (Å²) in [6.07, 6.45) is 0.308. The van der Waals surface area contributed by atoms with Crippen molar-refractivity contribution in [1.29, 1.82) is 0 Å². The minimum Gasteiger partial charge on any atom is -0.323 e. The van der Waals surface area contributed by atoms with Crippen molar-refractivity contribution < 1.29 is 4.79 Å². The number of carbonyl (C=O) groups excluding carboxylic acids is 1. The van der Waals surface area contributed by atoms with Crippen molar-refractivity contribution in [2.45, 2.75) is 19.4 Å². The molecule has 1 atom stereocenters. The summed E-state index contributed by atoms with van der Waals surface area (Å²) < 4.78 is 0. The minimum absolute atomic E-state index is 0.0900. The molecule has 1 amide bonds. The van der Waals surface area contributed by atoms with E-state index in [9.17, 15) is 4.79 Å². The van der Waals surface area contributed by atoms with Gasteiger partial charge in [0.2, 0.25) is 5.91 Å². The quantitative estimate of drug-likeness (QED) is 0.645. The summed E-state index contributed by atoms with van der Waals surface area (Å²) in [6, 6.07) is 1.80. The van der Waals surface area contributed by atoms with Crippen LogP contribution >= 0.6 is 11.3 Å². The number of nitrogens with two attached hydrogens (primary N) is 1. The molecule has 0 radical (unpaired) electrons. The second-order valence-electron chi connectivity index (χ2n) is 3.08. The van der Waals surface area contributed by atoms with Crippen LogP contribution in [0.2, 0.25) is 0 Å². The van der Waals surface area contributed by atoms with Crippen LogP contribution in [0, 0.1) is 6.92 Å². The fraction of sp³-hybridized carbons (Fsp3) is 0.444. The van der Waals surface area contributed by atoms with Gasteiger partial charge in [-0.15, -0.1) is 11.3 Å². The molecule has 0 aliphatic rings. The first-order chi connectivity index (χ1) is 6.65. The summed E-state index contributed by atoms with van der Waals surface area (Å²) in [4.78, 5) is 12.3. The van der Waals surface area contributed by atoms with Gasteiger partial charge in [-0.25, -0.2) is 5.43 Å². The molecule has 0 spiro atoms. The summed E-state index contributed by atoms with van der Waals surface area (Å²) in [5, 5.41) is 1.99. The number of rotatable bonds is 4. The van der Waals surface area contributed by atoms with Gasteiger partial charge in [0.15, 0.2) is 0 Å². The average molecular weight is 213 g/mol. The molecule has 4 nitrogen and oxygen atoms in total. The molecule has 0 aromatic carbocycles. The first-order valence-electron chi connectivity index (χ1n) is 4.40. The standard InChI is InChI=1S/C9H15N3OS/c1-6-3-4-14-9(6)7(10)5-8(13)12-11-2/h3-4,7,11H,5,10H2,1-2H3,(H,12,13).